The predicted octanol–water partition coefficient (Wildman–Crippen LogP) is 2.77. The van der Waals surface area contributed by atoms with Crippen LogP contribution in [-0.2, 0) is 9.84 Å². The summed E-state index contributed by atoms with van der Waals surface area (Å²) in [6.45, 7) is 2.76. The summed E-state index contributed by atoms with van der Waals surface area (Å²) in [6.07, 6.45) is 4.56. The molecular weight excluding hydrogens is 277 g/mol. The molecule has 5 heteroatoms. The molecule has 1 aliphatic rings. The fourth-order valence-electron chi connectivity index (χ4n) is 2.96. The largest absolute Gasteiger partial charge is 0.313 e. The smallest absolute Gasteiger partial charge is 0.179 e. The number of rotatable bonds is 6. The van der Waals surface area contributed by atoms with Crippen molar-refractivity contribution in [2.24, 2.45) is 5.92 Å². The first kappa shape index (κ1) is 15.4. The Bertz CT molecular complexity index is 521. The highest BCUT2D eigenvalue weighted by Gasteiger charge is 2.29. The zero-order chi connectivity index (χ0) is 14.6. The minimum atomic E-state index is -3.37. The Morgan fingerprint density at radius 3 is 2.40 bits per heavy atom. The molecule has 1 N–H and O–H groups in total. The Balaban J connectivity index is 2.13. The van der Waals surface area contributed by atoms with Gasteiger partial charge in [0.15, 0.2) is 9.84 Å². The van der Waals surface area contributed by atoms with E-state index in [4.69, 9.17) is 0 Å². The molecule has 20 heavy (non-hydrogen) atoms. The van der Waals surface area contributed by atoms with Gasteiger partial charge in [0, 0.05) is 6.04 Å². The minimum absolute atomic E-state index is 0.00227. The summed E-state index contributed by atoms with van der Waals surface area (Å²) in [4.78, 5) is 0.208. The molecule has 1 saturated carbocycles. The summed E-state index contributed by atoms with van der Waals surface area (Å²) >= 11 is 0. The quantitative estimate of drug-likeness (QED) is 0.822. The van der Waals surface area contributed by atoms with Crippen LogP contribution in [-0.4, -0.2) is 26.8 Å². The average molecular weight is 299 g/mol. The lowest BCUT2D eigenvalue weighted by Gasteiger charge is -2.24. The fourth-order valence-corrected chi connectivity index (χ4v) is 4.56. The highest BCUT2D eigenvalue weighted by atomic mass is 32.2. The molecule has 1 fully saturated rings. The summed E-state index contributed by atoms with van der Waals surface area (Å²) in [5.74, 6) is 0.116. The Morgan fingerprint density at radius 1 is 1.25 bits per heavy atom. The van der Waals surface area contributed by atoms with E-state index < -0.39 is 15.7 Å². The number of sulfone groups is 1. The van der Waals surface area contributed by atoms with Gasteiger partial charge in [-0.05, 0) is 49.6 Å². The van der Waals surface area contributed by atoms with E-state index in [0.717, 1.165) is 19.4 Å². The van der Waals surface area contributed by atoms with Crippen molar-refractivity contribution in [3.63, 3.8) is 0 Å². The van der Waals surface area contributed by atoms with Crippen molar-refractivity contribution in [1.29, 1.82) is 0 Å². The van der Waals surface area contributed by atoms with Crippen LogP contribution < -0.4 is 5.32 Å². The van der Waals surface area contributed by atoms with E-state index in [2.05, 4.69) is 5.32 Å². The van der Waals surface area contributed by atoms with Gasteiger partial charge in [0.25, 0.3) is 0 Å². The van der Waals surface area contributed by atoms with Crippen LogP contribution in [0.25, 0.3) is 0 Å². The molecule has 0 radical (unpaired) electrons. The highest BCUT2D eigenvalue weighted by Crippen LogP contribution is 2.29. The van der Waals surface area contributed by atoms with E-state index >= 15 is 0 Å². The maximum absolute atomic E-state index is 12.9. The van der Waals surface area contributed by atoms with Gasteiger partial charge in [-0.1, -0.05) is 19.8 Å². The molecule has 0 spiro atoms. The summed E-state index contributed by atoms with van der Waals surface area (Å²) in [5.41, 5.74) is 0. The third-order valence-electron chi connectivity index (χ3n) is 4.01. The van der Waals surface area contributed by atoms with Crippen LogP contribution in [0.3, 0.4) is 0 Å². The summed E-state index contributed by atoms with van der Waals surface area (Å²) in [7, 11) is -3.37. The molecule has 1 aromatic rings. The number of benzene rings is 1. The molecule has 2 rings (SSSR count). The van der Waals surface area contributed by atoms with Gasteiger partial charge in [0.2, 0.25) is 0 Å². The number of hydrogen-bond donors (Lipinski definition) is 1. The zero-order valence-electron chi connectivity index (χ0n) is 11.8. The lowest BCUT2D eigenvalue weighted by atomic mass is 10.00. The van der Waals surface area contributed by atoms with Gasteiger partial charge in [0.1, 0.15) is 5.82 Å². The van der Waals surface area contributed by atoms with Crippen LogP contribution >= 0.6 is 0 Å². The van der Waals surface area contributed by atoms with Crippen molar-refractivity contribution in [3.05, 3.63) is 30.1 Å². The van der Waals surface area contributed by atoms with Crippen LogP contribution in [0, 0.1) is 11.7 Å². The number of hydrogen-bond acceptors (Lipinski definition) is 3. The standard InChI is InChI=1S/C15H22FNO2S/c1-2-17-15(12-5-3-4-6-12)11-20(18,19)14-9-7-13(16)8-10-14/h7-10,12,15,17H,2-6,11H2,1H3. The second kappa shape index (κ2) is 6.68. The molecule has 0 aliphatic heterocycles. The second-order valence-corrected chi connectivity index (χ2v) is 7.48. The van der Waals surface area contributed by atoms with E-state index in [1.165, 1.54) is 37.1 Å². The van der Waals surface area contributed by atoms with E-state index in [0.29, 0.717) is 5.92 Å². The molecule has 0 heterocycles. The first-order valence-electron chi connectivity index (χ1n) is 7.24. The van der Waals surface area contributed by atoms with Gasteiger partial charge in [-0.2, -0.15) is 0 Å². The number of nitrogens with one attached hydrogen (secondary N) is 1. The second-order valence-electron chi connectivity index (χ2n) is 5.44. The third kappa shape index (κ3) is 3.79. The molecule has 1 aromatic carbocycles. The van der Waals surface area contributed by atoms with Crippen LogP contribution in [0.1, 0.15) is 32.6 Å². The van der Waals surface area contributed by atoms with Crippen molar-refractivity contribution in [1.82, 2.24) is 5.32 Å². The molecule has 0 aromatic heterocycles. The van der Waals surface area contributed by atoms with E-state index in [9.17, 15) is 12.8 Å². The highest BCUT2D eigenvalue weighted by molar-refractivity contribution is 7.91. The van der Waals surface area contributed by atoms with Gasteiger partial charge in [-0.3, -0.25) is 0 Å². The molecule has 112 valence electrons. The predicted molar refractivity (Wildman–Crippen MR) is 77.9 cm³/mol. The first-order chi connectivity index (χ1) is 9.53. The Morgan fingerprint density at radius 2 is 1.85 bits per heavy atom. The number of halogens is 1. The van der Waals surface area contributed by atoms with Gasteiger partial charge in [-0.15, -0.1) is 0 Å². The van der Waals surface area contributed by atoms with Crippen LogP contribution in [0.2, 0.25) is 0 Å². The van der Waals surface area contributed by atoms with Gasteiger partial charge >= 0.3 is 0 Å². The molecule has 1 aliphatic carbocycles. The summed E-state index contributed by atoms with van der Waals surface area (Å²) in [5, 5.41) is 3.31. The van der Waals surface area contributed by atoms with Gasteiger partial charge < -0.3 is 5.32 Å². The van der Waals surface area contributed by atoms with Gasteiger partial charge in [0.05, 0.1) is 10.6 Å². The Hall–Kier alpha value is -0.940. The van der Waals surface area contributed by atoms with Crippen LogP contribution in [0.4, 0.5) is 4.39 Å². The van der Waals surface area contributed by atoms with Crippen molar-refractivity contribution >= 4 is 9.84 Å². The normalized spacial score (nSPS) is 18.3. The van der Waals surface area contributed by atoms with Crippen LogP contribution in [0.5, 0.6) is 0 Å². The van der Waals surface area contributed by atoms with E-state index in [-0.39, 0.29) is 16.7 Å². The topological polar surface area (TPSA) is 46.2 Å². The molecule has 0 saturated heterocycles. The molecule has 1 atom stereocenters. The van der Waals surface area contributed by atoms with E-state index in [1.807, 2.05) is 6.92 Å². The summed E-state index contributed by atoms with van der Waals surface area (Å²) < 4.78 is 37.7. The monoisotopic (exact) mass is 299 g/mol. The lowest BCUT2D eigenvalue weighted by molar-refractivity contribution is 0.388. The Labute approximate surface area is 120 Å². The van der Waals surface area contributed by atoms with Crippen molar-refractivity contribution in [2.45, 2.75) is 43.5 Å². The summed E-state index contributed by atoms with van der Waals surface area (Å²) in [6, 6.07) is 5.10. The Kier molecular flexibility index (Phi) is 5.16. The molecule has 3 nitrogen and oxygen atoms in total. The third-order valence-corrected chi connectivity index (χ3v) is 5.80. The molecule has 0 bridgehead atoms. The average Bonchev–Trinajstić information content (AvgIpc) is 2.92. The first-order valence-corrected chi connectivity index (χ1v) is 8.90. The fraction of sp³-hybridized carbons (Fsp3) is 0.600. The van der Waals surface area contributed by atoms with Crippen molar-refractivity contribution in [3.8, 4) is 0 Å². The SMILES string of the molecule is CCNC(CS(=O)(=O)c1ccc(F)cc1)C1CCCC1. The zero-order valence-corrected chi connectivity index (χ0v) is 12.6. The molecule has 1 unspecified atom stereocenters. The molecule has 0 amide bonds. The van der Waals surface area contributed by atoms with Crippen LogP contribution in [0.15, 0.2) is 29.2 Å². The lowest BCUT2D eigenvalue weighted by Crippen LogP contribution is -2.40. The van der Waals surface area contributed by atoms with Crippen molar-refractivity contribution in [2.75, 3.05) is 12.3 Å². The maximum atomic E-state index is 12.9. The maximum Gasteiger partial charge on any atom is 0.179 e. The minimum Gasteiger partial charge on any atom is -0.313 e. The van der Waals surface area contributed by atoms with Gasteiger partial charge in [-0.25, -0.2) is 12.8 Å². The van der Waals surface area contributed by atoms with Crippen molar-refractivity contribution < 1.29 is 12.8 Å². The molecular formula is C15H22FNO2S. The van der Waals surface area contributed by atoms with E-state index in [1.54, 1.807) is 0 Å².